The molecule has 0 heterocycles. The summed E-state index contributed by atoms with van der Waals surface area (Å²) in [6, 6.07) is 0. The molecule has 15 heavy (non-hydrogen) atoms. The third kappa shape index (κ3) is 32.5. The lowest BCUT2D eigenvalue weighted by molar-refractivity contribution is -0.140. The minimum absolute atomic E-state index is 0.211. The Morgan fingerprint density at radius 2 is 1.60 bits per heavy atom. The number of carbonyl (C=O) groups excluding carboxylic acids is 2. The molecule has 0 aromatic carbocycles. The van der Waals surface area contributed by atoms with Crippen molar-refractivity contribution in [1.82, 2.24) is 0 Å². The lowest BCUT2D eigenvalue weighted by Crippen LogP contribution is -2.02. The van der Waals surface area contributed by atoms with Gasteiger partial charge in [0.25, 0.3) is 0 Å². The van der Waals surface area contributed by atoms with Crippen molar-refractivity contribution in [1.29, 1.82) is 5.41 Å². The van der Waals surface area contributed by atoms with Gasteiger partial charge in [-0.2, -0.15) is 0 Å². The number of hydrogen-bond donors (Lipinski definition) is 2. The van der Waals surface area contributed by atoms with Crippen LogP contribution in [0.25, 0.3) is 0 Å². The molecule has 0 spiro atoms. The molecule has 90 valence electrons. The Balaban J connectivity index is -0.000000166. The zero-order valence-corrected chi connectivity index (χ0v) is 9.57. The van der Waals surface area contributed by atoms with Crippen LogP contribution in [0.1, 0.15) is 20.8 Å². The first-order valence-electron chi connectivity index (χ1n) is 4.33. The average Bonchev–Trinajstić information content (AvgIpc) is 2.22. The van der Waals surface area contributed by atoms with E-state index in [0.717, 1.165) is 7.11 Å². The van der Waals surface area contributed by atoms with E-state index in [0.29, 0.717) is 19.4 Å². The Bertz CT molecular complexity index is 170. The first-order valence-corrected chi connectivity index (χ1v) is 4.33. The summed E-state index contributed by atoms with van der Waals surface area (Å²) in [5, 5.41) is 13.3. The minimum atomic E-state index is -0.581. The Hall–Kier alpha value is -1.43. The smallest absolute Gasteiger partial charge is 0.348 e. The highest BCUT2D eigenvalue weighted by molar-refractivity contribution is 6.21. The van der Waals surface area contributed by atoms with E-state index in [1.54, 1.807) is 13.8 Å². The first-order chi connectivity index (χ1) is 7.08. The van der Waals surface area contributed by atoms with E-state index >= 15 is 0 Å². The first kappa shape index (κ1) is 19.2. The number of rotatable bonds is 3. The van der Waals surface area contributed by atoms with Crippen LogP contribution in [0, 0.1) is 5.41 Å². The van der Waals surface area contributed by atoms with Crippen molar-refractivity contribution in [3.8, 4) is 0 Å². The number of ether oxygens (including phenoxy) is 2. The molecule has 6 nitrogen and oxygen atoms in total. The zero-order valence-electron chi connectivity index (χ0n) is 9.57. The van der Waals surface area contributed by atoms with Crippen molar-refractivity contribution < 1.29 is 24.2 Å². The normalized spacial score (nSPS) is 7.00. The van der Waals surface area contributed by atoms with Crippen LogP contribution in [0.3, 0.4) is 0 Å². The van der Waals surface area contributed by atoms with Gasteiger partial charge in [0.05, 0.1) is 13.2 Å². The topological polar surface area (TPSA) is 96.7 Å². The molecule has 0 aromatic rings. The minimum Gasteiger partial charge on any atom is -0.466 e. The van der Waals surface area contributed by atoms with Crippen molar-refractivity contribution in [2.45, 2.75) is 20.8 Å². The molecule has 0 aliphatic heterocycles. The maximum atomic E-state index is 9.95. The zero-order chi connectivity index (χ0) is 12.7. The summed E-state index contributed by atoms with van der Waals surface area (Å²) in [6.45, 7) is 5.69. The van der Waals surface area contributed by atoms with Gasteiger partial charge in [0.2, 0.25) is 0 Å². The Kier molecular flexibility index (Phi) is 23.5. The lowest BCUT2D eigenvalue weighted by atomic mass is 10.7. The maximum absolute atomic E-state index is 9.95. The van der Waals surface area contributed by atoms with Gasteiger partial charge < -0.3 is 20.0 Å². The fraction of sp³-hybridized carbons (Fsp3) is 0.667. The van der Waals surface area contributed by atoms with E-state index in [1.807, 2.05) is 0 Å². The van der Waals surface area contributed by atoms with Gasteiger partial charge >= 0.3 is 11.9 Å². The molecular formula is C9H19NO5. The molecule has 0 fully saturated rings. The molecule has 0 atom stereocenters. The third-order valence-corrected chi connectivity index (χ3v) is 0.752. The van der Waals surface area contributed by atoms with Gasteiger partial charge in [-0.05, 0) is 13.8 Å². The second-order valence-electron chi connectivity index (χ2n) is 1.82. The van der Waals surface area contributed by atoms with Crippen molar-refractivity contribution in [3.05, 3.63) is 0 Å². The summed E-state index contributed by atoms with van der Waals surface area (Å²) in [6.07, 6.45) is 0.642. The predicted octanol–water partition coefficient (Wildman–Crippen LogP) is 0.377. The molecule has 0 aromatic heterocycles. The van der Waals surface area contributed by atoms with E-state index in [9.17, 15) is 9.59 Å². The monoisotopic (exact) mass is 221 g/mol. The number of esters is 2. The van der Waals surface area contributed by atoms with Crippen LogP contribution >= 0.6 is 0 Å². The second kappa shape index (κ2) is 18.4. The third-order valence-electron chi connectivity index (χ3n) is 0.752. The number of carbonyl (C=O) groups is 2. The van der Waals surface area contributed by atoms with E-state index in [-0.39, 0.29) is 5.97 Å². The molecule has 2 N–H and O–H groups in total. The Morgan fingerprint density at radius 3 is 1.67 bits per heavy atom. The van der Waals surface area contributed by atoms with Gasteiger partial charge in [-0.15, -0.1) is 0 Å². The molecule has 0 amide bonds. The fourth-order valence-corrected chi connectivity index (χ4v) is 0.387. The van der Waals surface area contributed by atoms with Crippen molar-refractivity contribution in [3.63, 3.8) is 0 Å². The second-order valence-corrected chi connectivity index (χ2v) is 1.82. The SMILES string of the molecule is CCOC(=O)C=N.CCOC(C)=O.CO. The van der Waals surface area contributed by atoms with Crippen molar-refractivity contribution in [2.75, 3.05) is 20.3 Å². The van der Waals surface area contributed by atoms with Crippen LogP contribution < -0.4 is 0 Å². The number of hydrogen-bond acceptors (Lipinski definition) is 6. The standard InChI is InChI=1S/C4H7NO2.C4H8O2.CH4O/c1-2-7-4(6)3-5;1-3-6-4(2)5;1-2/h3,5H,2H2,1H3;3H2,1-2H3;2H,1H3. The summed E-state index contributed by atoms with van der Waals surface area (Å²) in [7, 11) is 1.00. The van der Waals surface area contributed by atoms with Gasteiger partial charge in [0.1, 0.15) is 6.21 Å². The van der Waals surface area contributed by atoms with E-state index in [1.165, 1.54) is 6.92 Å². The molecule has 0 saturated heterocycles. The van der Waals surface area contributed by atoms with Crippen LogP contribution in [0.2, 0.25) is 0 Å². The molecule has 0 saturated carbocycles. The van der Waals surface area contributed by atoms with Crippen LogP contribution in [0.5, 0.6) is 0 Å². The molecule has 0 rings (SSSR count). The number of aliphatic hydroxyl groups is 1. The highest BCUT2D eigenvalue weighted by Gasteiger charge is 1.88. The molecular weight excluding hydrogens is 202 g/mol. The summed E-state index contributed by atoms with van der Waals surface area (Å²) in [5.41, 5.74) is 0. The van der Waals surface area contributed by atoms with E-state index < -0.39 is 5.97 Å². The van der Waals surface area contributed by atoms with Gasteiger partial charge in [-0.3, -0.25) is 4.79 Å². The molecule has 0 radical (unpaired) electrons. The molecule has 0 bridgehead atoms. The van der Waals surface area contributed by atoms with Gasteiger partial charge in [-0.1, -0.05) is 0 Å². The molecule has 0 aliphatic rings. The summed E-state index contributed by atoms with van der Waals surface area (Å²) < 4.78 is 8.71. The van der Waals surface area contributed by atoms with Crippen LogP contribution in [-0.4, -0.2) is 43.6 Å². The van der Waals surface area contributed by atoms with Crippen LogP contribution in [0.15, 0.2) is 0 Å². The van der Waals surface area contributed by atoms with E-state index in [2.05, 4.69) is 9.47 Å². The quantitative estimate of drug-likeness (QED) is 0.530. The molecule has 0 aliphatic carbocycles. The highest BCUT2D eigenvalue weighted by atomic mass is 16.5. The lowest BCUT2D eigenvalue weighted by Gasteiger charge is -1.89. The van der Waals surface area contributed by atoms with Crippen LogP contribution in [-0.2, 0) is 19.1 Å². The van der Waals surface area contributed by atoms with Gasteiger partial charge in [-0.25, -0.2) is 4.79 Å². The molecule has 6 heteroatoms. The Labute approximate surface area is 89.7 Å². The summed E-state index contributed by atoms with van der Waals surface area (Å²) >= 11 is 0. The van der Waals surface area contributed by atoms with Gasteiger partial charge in [0, 0.05) is 14.0 Å². The predicted molar refractivity (Wildman–Crippen MR) is 55.9 cm³/mol. The Morgan fingerprint density at radius 1 is 1.20 bits per heavy atom. The highest BCUT2D eigenvalue weighted by Crippen LogP contribution is 1.69. The largest absolute Gasteiger partial charge is 0.466 e. The fourth-order valence-electron chi connectivity index (χ4n) is 0.387. The van der Waals surface area contributed by atoms with Gasteiger partial charge in [0.15, 0.2) is 0 Å². The van der Waals surface area contributed by atoms with E-state index in [4.69, 9.17) is 10.5 Å². The van der Waals surface area contributed by atoms with Crippen molar-refractivity contribution in [2.24, 2.45) is 0 Å². The maximum Gasteiger partial charge on any atom is 0.348 e. The summed E-state index contributed by atoms with van der Waals surface area (Å²) in [4.78, 5) is 19.8. The average molecular weight is 221 g/mol. The van der Waals surface area contributed by atoms with Crippen LogP contribution in [0.4, 0.5) is 0 Å². The number of nitrogens with one attached hydrogen (secondary N) is 1. The summed E-state index contributed by atoms with van der Waals surface area (Å²) in [5.74, 6) is -0.792. The molecule has 0 unspecified atom stereocenters. The van der Waals surface area contributed by atoms with Crippen molar-refractivity contribution >= 4 is 18.2 Å². The number of aliphatic hydroxyl groups excluding tert-OH is 1.